The van der Waals surface area contributed by atoms with Crippen LogP contribution in [-0.2, 0) is 6.54 Å². The van der Waals surface area contributed by atoms with Gasteiger partial charge in [0.1, 0.15) is 16.8 Å². The maximum Gasteiger partial charge on any atom is 0.267 e. The first-order valence-electron chi connectivity index (χ1n) is 8.18. The van der Waals surface area contributed by atoms with Crippen molar-refractivity contribution in [2.45, 2.75) is 13.0 Å². The molecule has 0 aliphatic rings. The second-order valence-electron chi connectivity index (χ2n) is 5.72. The zero-order valence-electron chi connectivity index (χ0n) is 14.1. The highest BCUT2D eigenvalue weighted by Gasteiger charge is 2.16. The van der Waals surface area contributed by atoms with E-state index in [0.717, 1.165) is 0 Å². The van der Waals surface area contributed by atoms with Gasteiger partial charge in [-0.25, -0.2) is 4.98 Å². The zero-order chi connectivity index (χ0) is 18.7. The molecule has 26 heavy (non-hydrogen) atoms. The predicted octanol–water partition coefficient (Wildman–Crippen LogP) is 0.427. The van der Waals surface area contributed by atoms with E-state index in [-0.39, 0.29) is 41.7 Å². The van der Waals surface area contributed by atoms with Crippen LogP contribution in [0.25, 0.3) is 16.7 Å². The number of hydrogen-bond donors (Lipinski definition) is 3. The van der Waals surface area contributed by atoms with Crippen molar-refractivity contribution in [3.8, 4) is 0 Å². The number of amides is 1. The molecule has 3 aromatic rings. The normalized spacial score (nSPS) is 11.0. The summed E-state index contributed by atoms with van der Waals surface area (Å²) in [5.41, 5.74) is 0.471. The van der Waals surface area contributed by atoms with Crippen molar-refractivity contribution in [2.24, 2.45) is 0 Å². The molecule has 3 aromatic heterocycles. The predicted molar refractivity (Wildman–Crippen MR) is 97.0 cm³/mol. The second kappa shape index (κ2) is 7.32. The molecule has 0 radical (unpaired) electrons. The quantitative estimate of drug-likeness (QED) is 0.440. The smallest absolute Gasteiger partial charge is 0.267 e. The number of aliphatic hydroxyl groups is 1. The van der Waals surface area contributed by atoms with Crippen molar-refractivity contribution in [1.29, 1.82) is 5.41 Å². The number of aromatic nitrogens is 3. The monoisotopic (exact) mass is 353 g/mol. The molecule has 3 rings (SSSR count). The number of hydrogen-bond acceptors (Lipinski definition) is 5. The lowest BCUT2D eigenvalue weighted by atomic mass is 10.2. The van der Waals surface area contributed by atoms with E-state index in [4.69, 9.17) is 10.5 Å². The van der Waals surface area contributed by atoms with E-state index < -0.39 is 5.91 Å². The summed E-state index contributed by atoms with van der Waals surface area (Å²) in [6.07, 6.45) is 3.51. The maximum absolute atomic E-state index is 12.9. The van der Waals surface area contributed by atoms with Gasteiger partial charge in [0.2, 0.25) is 0 Å². The summed E-state index contributed by atoms with van der Waals surface area (Å²) in [7, 11) is 0. The van der Waals surface area contributed by atoms with Crippen molar-refractivity contribution in [3.63, 3.8) is 0 Å². The van der Waals surface area contributed by atoms with Gasteiger partial charge in [0.25, 0.3) is 11.5 Å². The lowest BCUT2D eigenvalue weighted by molar-refractivity contribution is 0.0955. The van der Waals surface area contributed by atoms with Crippen LogP contribution in [0.5, 0.6) is 0 Å². The van der Waals surface area contributed by atoms with E-state index >= 15 is 0 Å². The largest absolute Gasteiger partial charge is 0.396 e. The van der Waals surface area contributed by atoms with E-state index in [9.17, 15) is 9.59 Å². The molecular formula is C18H19N5O3. The Morgan fingerprint density at radius 2 is 2.23 bits per heavy atom. The van der Waals surface area contributed by atoms with Crippen molar-refractivity contribution >= 4 is 22.6 Å². The van der Waals surface area contributed by atoms with Crippen molar-refractivity contribution in [2.75, 3.05) is 13.2 Å². The third-order valence-corrected chi connectivity index (χ3v) is 4.01. The van der Waals surface area contributed by atoms with E-state index in [2.05, 4.69) is 16.9 Å². The van der Waals surface area contributed by atoms with Gasteiger partial charge in [-0.05, 0) is 24.6 Å². The van der Waals surface area contributed by atoms with Crippen LogP contribution in [0.4, 0.5) is 0 Å². The summed E-state index contributed by atoms with van der Waals surface area (Å²) in [4.78, 5) is 29.8. The van der Waals surface area contributed by atoms with Gasteiger partial charge < -0.3 is 15.0 Å². The third kappa shape index (κ3) is 3.02. The van der Waals surface area contributed by atoms with Crippen LogP contribution in [0.15, 0.2) is 47.9 Å². The van der Waals surface area contributed by atoms with Crippen molar-refractivity contribution < 1.29 is 9.90 Å². The molecule has 3 N–H and O–H groups in total. The first-order valence-corrected chi connectivity index (χ1v) is 8.18. The van der Waals surface area contributed by atoms with Crippen LogP contribution in [-0.4, -0.2) is 38.1 Å². The summed E-state index contributed by atoms with van der Waals surface area (Å²) >= 11 is 0. The minimum Gasteiger partial charge on any atom is -0.396 e. The maximum atomic E-state index is 12.9. The summed E-state index contributed by atoms with van der Waals surface area (Å²) in [5.74, 6) is -0.466. The van der Waals surface area contributed by atoms with E-state index in [1.165, 1.54) is 21.1 Å². The van der Waals surface area contributed by atoms with Crippen molar-refractivity contribution in [1.82, 2.24) is 19.3 Å². The molecule has 0 aromatic carbocycles. The van der Waals surface area contributed by atoms with E-state index in [0.29, 0.717) is 17.7 Å². The molecule has 0 aliphatic carbocycles. The van der Waals surface area contributed by atoms with Crippen LogP contribution < -0.4 is 16.4 Å². The summed E-state index contributed by atoms with van der Waals surface area (Å²) in [6.45, 7) is 3.99. The van der Waals surface area contributed by atoms with Crippen LogP contribution in [0.1, 0.15) is 16.8 Å². The van der Waals surface area contributed by atoms with Gasteiger partial charge in [-0.1, -0.05) is 12.1 Å². The molecule has 134 valence electrons. The van der Waals surface area contributed by atoms with Gasteiger partial charge in [0.15, 0.2) is 0 Å². The van der Waals surface area contributed by atoms with Gasteiger partial charge in [0, 0.05) is 25.9 Å². The zero-order valence-corrected chi connectivity index (χ0v) is 14.1. The van der Waals surface area contributed by atoms with Gasteiger partial charge in [0.05, 0.1) is 10.9 Å². The molecule has 0 saturated heterocycles. The van der Waals surface area contributed by atoms with Crippen molar-refractivity contribution in [3.05, 3.63) is 64.5 Å². The molecule has 8 nitrogen and oxygen atoms in total. The molecule has 0 atom stereocenters. The lowest BCUT2D eigenvalue weighted by Crippen LogP contribution is -2.35. The van der Waals surface area contributed by atoms with Gasteiger partial charge in [-0.15, -0.1) is 6.58 Å². The Balaban J connectivity index is 2.35. The standard InChI is InChI=1S/C18H19N5O3/c1-2-7-20-17(25)12-11-13-16(23(15(12)19)9-5-10-24)21-14-6-3-4-8-22(14)18(13)26/h2-4,6,8,11,19,24H,1,5,7,9-10H2,(H,20,25). The summed E-state index contributed by atoms with van der Waals surface area (Å²) in [6, 6.07) is 6.59. The third-order valence-electron chi connectivity index (χ3n) is 4.01. The molecule has 0 bridgehead atoms. The Labute approximate surface area is 148 Å². The molecule has 0 fully saturated rings. The van der Waals surface area contributed by atoms with Crippen LogP contribution in [0.2, 0.25) is 0 Å². The number of rotatable bonds is 6. The average Bonchev–Trinajstić information content (AvgIpc) is 2.65. The van der Waals surface area contributed by atoms with Gasteiger partial charge >= 0.3 is 0 Å². The number of nitrogens with zero attached hydrogens (tertiary/aromatic N) is 3. The topological polar surface area (TPSA) is 112 Å². The minimum atomic E-state index is -0.466. The number of aliphatic hydroxyl groups excluding tert-OH is 1. The Hall–Kier alpha value is -3.26. The van der Waals surface area contributed by atoms with Crippen LogP contribution in [0, 0.1) is 5.41 Å². The average molecular weight is 353 g/mol. The first-order chi connectivity index (χ1) is 12.6. The number of aryl methyl sites for hydroxylation is 1. The highest BCUT2D eigenvalue weighted by molar-refractivity contribution is 5.96. The highest BCUT2D eigenvalue weighted by Crippen LogP contribution is 2.10. The van der Waals surface area contributed by atoms with E-state index in [1.807, 2.05) is 0 Å². The second-order valence-corrected chi connectivity index (χ2v) is 5.72. The molecule has 0 spiro atoms. The Morgan fingerprint density at radius 1 is 1.42 bits per heavy atom. The SMILES string of the molecule is C=CCNC(=O)c1cc2c(=O)n3ccccc3nc2n(CCCO)c1=N. The summed E-state index contributed by atoms with van der Waals surface area (Å²) < 4.78 is 2.89. The number of nitrogens with one attached hydrogen (secondary N) is 2. The van der Waals surface area contributed by atoms with Crippen LogP contribution in [0.3, 0.4) is 0 Å². The number of carbonyl (C=O) groups excluding carboxylic acids is 1. The lowest BCUT2D eigenvalue weighted by Gasteiger charge is -2.14. The Morgan fingerprint density at radius 3 is 2.96 bits per heavy atom. The summed E-state index contributed by atoms with van der Waals surface area (Å²) in [5, 5.41) is 20.4. The fraction of sp³-hybridized carbons (Fsp3) is 0.222. The fourth-order valence-corrected chi connectivity index (χ4v) is 2.77. The molecule has 0 saturated carbocycles. The van der Waals surface area contributed by atoms with Gasteiger partial charge in [-0.2, -0.15) is 0 Å². The fourth-order valence-electron chi connectivity index (χ4n) is 2.77. The molecule has 0 aliphatic heterocycles. The number of carbonyl (C=O) groups is 1. The minimum absolute atomic E-state index is 0.0558. The van der Waals surface area contributed by atoms with Crippen LogP contribution >= 0.6 is 0 Å². The van der Waals surface area contributed by atoms with Gasteiger partial charge in [-0.3, -0.25) is 19.4 Å². The molecular weight excluding hydrogens is 334 g/mol. The number of pyridine rings is 2. The first kappa shape index (κ1) is 17.6. The molecule has 1 amide bonds. The highest BCUT2D eigenvalue weighted by atomic mass is 16.3. The number of fused-ring (bicyclic) bond motifs is 2. The molecule has 8 heteroatoms. The molecule has 0 unspecified atom stereocenters. The Kier molecular flexibility index (Phi) is 4.94. The Bertz CT molecular complexity index is 1110. The molecule has 3 heterocycles. The van der Waals surface area contributed by atoms with E-state index in [1.54, 1.807) is 24.4 Å².